The minimum absolute atomic E-state index is 0.328. The summed E-state index contributed by atoms with van der Waals surface area (Å²) in [4.78, 5) is 2.19. The highest BCUT2D eigenvalue weighted by Crippen LogP contribution is 2.31. The summed E-state index contributed by atoms with van der Waals surface area (Å²) in [6.45, 7) is 0.995. The number of anilines is 1. The van der Waals surface area contributed by atoms with E-state index in [-0.39, 0.29) is 5.82 Å². The predicted molar refractivity (Wildman–Crippen MR) is 73.9 cm³/mol. The first kappa shape index (κ1) is 12.2. The standard InChI is InChI=1S/C16H16FNO/c1-18-9-8-11-10-12(6-7-15(11)18)16(19)13-4-2-3-5-14(13)17/h2-7,10,16,19H,8-9H2,1H3. The van der Waals surface area contributed by atoms with E-state index in [1.54, 1.807) is 18.2 Å². The summed E-state index contributed by atoms with van der Waals surface area (Å²) in [6.07, 6.45) is 0.0707. The summed E-state index contributed by atoms with van der Waals surface area (Å²) in [7, 11) is 2.05. The average molecular weight is 257 g/mol. The van der Waals surface area contributed by atoms with Crippen molar-refractivity contribution in [3.05, 3.63) is 65.0 Å². The lowest BCUT2D eigenvalue weighted by atomic mass is 9.98. The number of hydrogen-bond acceptors (Lipinski definition) is 2. The molecule has 0 radical (unpaired) electrons. The molecule has 0 aliphatic carbocycles. The average Bonchev–Trinajstić information content (AvgIpc) is 2.80. The number of hydrogen-bond donors (Lipinski definition) is 1. The molecule has 1 aliphatic heterocycles. The van der Waals surface area contributed by atoms with Crippen LogP contribution in [0.25, 0.3) is 0 Å². The van der Waals surface area contributed by atoms with Gasteiger partial charge in [0.15, 0.2) is 0 Å². The van der Waals surface area contributed by atoms with E-state index in [0.29, 0.717) is 5.56 Å². The maximum Gasteiger partial charge on any atom is 0.129 e. The Kier molecular flexibility index (Phi) is 2.99. The highest BCUT2D eigenvalue weighted by molar-refractivity contribution is 5.59. The normalized spacial score (nSPS) is 15.4. The minimum Gasteiger partial charge on any atom is -0.384 e. The van der Waals surface area contributed by atoms with Crippen molar-refractivity contribution in [1.29, 1.82) is 0 Å². The zero-order chi connectivity index (χ0) is 13.4. The third kappa shape index (κ3) is 2.10. The lowest BCUT2D eigenvalue weighted by Crippen LogP contribution is -2.12. The summed E-state index contributed by atoms with van der Waals surface area (Å²) < 4.78 is 13.7. The lowest BCUT2D eigenvalue weighted by molar-refractivity contribution is 0.215. The van der Waals surface area contributed by atoms with Crippen molar-refractivity contribution in [1.82, 2.24) is 0 Å². The maximum atomic E-state index is 13.7. The molecular weight excluding hydrogens is 241 g/mol. The first-order valence-electron chi connectivity index (χ1n) is 6.43. The van der Waals surface area contributed by atoms with E-state index in [4.69, 9.17) is 0 Å². The van der Waals surface area contributed by atoms with Crippen LogP contribution in [0.1, 0.15) is 22.8 Å². The van der Waals surface area contributed by atoms with Crippen LogP contribution in [-0.2, 0) is 6.42 Å². The van der Waals surface area contributed by atoms with E-state index in [1.165, 1.54) is 17.3 Å². The van der Waals surface area contributed by atoms with Gasteiger partial charge in [-0.15, -0.1) is 0 Å². The first-order chi connectivity index (χ1) is 9.16. The Balaban J connectivity index is 1.97. The summed E-state index contributed by atoms with van der Waals surface area (Å²) in [5, 5.41) is 10.3. The number of fused-ring (bicyclic) bond motifs is 1. The Morgan fingerprint density at radius 1 is 1.21 bits per heavy atom. The van der Waals surface area contributed by atoms with E-state index < -0.39 is 6.10 Å². The third-order valence-corrected chi connectivity index (χ3v) is 3.75. The second kappa shape index (κ2) is 4.67. The third-order valence-electron chi connectivity index (χ3n) is 3.75. The molecule has 1 atom stereocenters. The second-order valence-corrected chi connectivity index (χ2v) is 4.98. The molecule has 2 aromatic rings. The summed E-state index contributed by atoms with van der Waals surface area (Å²) in [6, 6.07) is 12.2. The molecule has 1 N–H and O–H groups in total. The van der Waals surface area contributed by atoms with Gasteiger partial charge in [0.05, 0.1) is 0 Å². The number of halogens is 1. The van der Waals surface area contributed by atoms with E-state index in [0.717, 1.165) is 18.5 Å². The largest absolute Gasteiger partial charge is 0.384 e. The molecule has 98 valence electrons. The number of aliphatic hydroxyl groups is 1. The SMILES string of the molecule is CN1CCc2cc(C(O)c3ccccc3F)ccc21. The molecule has 1 heterocycles. The fourth-order valence-corrected chi connectivity index (χ4v) is 2.63. The molecule has 19 heavy (non-hydrogen) atoms. The van der Waals surface area contributed by atoms with Gasteiger partial charge in [0.2, 0.25) is 0 Å². The van der Waals surface area contributed by atoms with Crippen LogP contribution < -0.4 is 4.90 Å². The number of nitrogens with zero attached hydrogens (tertiary/aromatic N) is 1. The smallest absolute Gasteiger partial charge is 0.129 e. The molecule has 0 spiro atoms. The molecule has 2 aromatic carbocycles. The Morgan fingerprint density at radius 2 is 2.00 bits per heavy atom. The van der Waals surface area contributed by atoms with Crippen LogP contribution in [0.4, 0.5) is 10.1 Å². The molecule has 0 bridgehead atoms. The van der Waals surface area contributed by atoms with Gasteiger partial charge < -0.3 is 10.0 Å². The molecule has 0 saturated carbocycles. The molecule has 3 rings (SSSR count). The molecule has 1 unspecified atom stereocenters. The number of rotatable bonds is 2. The predicted octanol–water partition coefficient (Wildman–Crippen LogP) is 2.90. The second-order valence-electron chi connectivity index (χ2n) is 4.98. The Hall–Kier alpha value is -1.87. The summed E-state index contributed by atoms with van der Waals surface area (Å²) in [5.74, 6) is -0.368. The van der Waals surface area contributed by atoms with Crippen molar-refractivity contribution >= 4 is 5.69 Å². The van der Waals surface area contributed by atoms with Gasteiger partial charge in [0, 0.05) is 24.8 Å². The Morgan fingerprint density at radius 3 is 2.79 bits per heavy atom. The van der Waals surface area contributed by atoms with Crippen LogP contribution in [-0.4, -0.2) is 18.7 Å². The fourth-order valence-electron chi connectivity index (χ4n) is 2.63. The number of benzene rings is 2. The minimum atomic E-state index is -0.905. The van der Waals surface area contributed by atoms with E-state index in [1.807, 2.05) is 18.2 Å². The molecule has 0 aromatic heterocycles. The van der Waals surface area contributed by atoms with Crippen LogP contribution in [0.5, 0.6) is 0 Å². The van der Waals surface area contributed by atoms with Crippen LogP contribution in [0.3, 0.4) is 0 Å². The maximum absolute atomic E-state index is 13.7. The Labute approximate surface area is 112 Å². The number of aliphatic hydroxyl groups excluding tert-OH is 1. The summed E-state index contributed by atoms with van der Waals surface area (Å²) in [5.41, 5.74) is 3.49. The molecular formula is C16H16FNO. The van der Waals surface area contributed by atoms with Crippen molar-refractivity contribution in [2.45, 2.75) is 12.5 Å². The summed E-state index contributed by atoms with van der Waals surface area (Å²) >= 11 is 0. The van der Waals surface area contributed by atoms with Gasteiger partial charge in [-0.05, 0) is 29.7 Å². The van der Waals surface area contributed by atoms with Gasteiger partial charge >= 0.3 is 0 Å². The van der Waals surface area contributed by atoms with Crippen molar-refractivity contribution in [3.8, 4) is 0 Å². The van der Waals surface area contributed by atoms with Gasteiger partial charge in [-0.2, -0.15) is 0 Å². The van der Waals surface area contributed by atoms with Gasteiger partial charge in [0.1, 0.15) is 11.9 Å². The van der Waals surface area contributed by atoms with Gasteiger partial charge in [-0.1, -0.05) is 30.3 Å². The monoisotopic (exact) mass is 257 g/mol. The quantitative estimate of drug-likeness (QED) is 0.894. The van der Waals surface area contributed by atoms with Crippen molar-refractivity contribution in [2.24, 2.45) is 0 Å². The van der Waals surface area contributed by atoms with Gasteiger partial charge in [-0.25, -0.2) is 4.39 Å². The van der Waals surface area contributed by atoms with Crippen molar-refractivity contribution < 1.29 is 9.50 Å². The van der Waals surface area contributed by atoms with E-state index in [2.05, 4.69) is 11.9 Å². The van der Waals surface area contributed by atoms with E-state index in [9.17, 15) is 9.50 Å². The molecule has 2 nitrogen and oxygen atoms in total. The van der Waals surface area contributed by atoms with E-state index >= 15 is 0 Å². The first-order valence-corrected chi connectivity index (χ1v) is 6.43. The van der Waals surface area contributed by atoms with Crippen LogP contribution >= 0.6 is 0 Å². The zero-order valence-electron chi connectivity index (χ0n) is 10.8. The highest BCUT2D eigenvalue weighted by atomic mass is 19.1. The van der Waals surface area contributed by atoms with Crippen LogP contribution in [0, 0.1) is 5.82 Å². The molecule has 3 heteroatoms. The molecule has 1 aliphatic rings. The fraction of sp³-hybridized carbons (Fsp3) is 0.250. The molecule has 0 saturated heterocycles. The highest BCUT2D eigenvalue weighted by Gasteiger charge is 2.19. The number of likely N-dealkylation sites (N-methyl/N-ethyl adjacent to an activating group) is 1. The molecule has 0 fully saturated rings. The van der Waals surface area contributed by atoms with Gasteiger partial charge in [0.25, 0.3) is 0 Å². The van der Waals surface area contributed by atoms with Crippen LogP contribution in [0.15, 0.2) is 42.5 Å². The van der Waals surface area contributed by atoms with Crippen molar-refractivity contribution in [3.63, 3.8) is 0 Å². The van der Waals surface area contributed by atoms with Gasteiger partial charge in [-0.3, -0.25) is 0 Å². The molecule has 0 amide bonds. The lowest BCUT2D eigenvalue weighted by Gasteiger charge is -2.15. The van der Waals surface area contributed by atoms with Crippen LogP contribution in [0.2, 0.25) is 0 Å². The van der Waals surface area contributed by atoms with Crippen molar-refractivity contribution in [2.75, 3.05) is 18.5 Å². The zero-order valence-corrected chi connectivity index (χ0v) is 10.8. The topological polar surface area (TPSA) is 23.5 Å². The Bertz CT molecular complexity index is 611.